The Hall–Kier alpha value is -0.410. The van der Waals surface area contributed by atoms with Crippen LogP contribution >= 0.6 is 24.0 Å². The zero-order valence-corrected chi connectivity index (χ0v) is 7.64. The number of halogens is 1. The molecule has 0 radical (unpaired) electrons. The van der Waals surface area contributed by atoms with Gasteiger partial charge in [0.25, 0.3) is 0 Å². The predicted octanol–water partition coefficient (Wildman–Crippen LogP) is 2.86. The van der Waals surface area contributed by atoms with Crippen LogP contribution in [0.4, 0.5) is 4.39 Å². The summed E-state index contributed by atoms with van der Waals surface area (Å²) in [5.74, 6) is -0.244. The van der Waals surface area contributed by atoms with E-state index >= 15 is 0 Å². The molecule has 1 rings (SSSR count). The van der Waals surface area contributed by atoms with Gasteiger partial charge in [0.05, 0.1) is 4.20 Å². The summed E-state index contributed by atoms with van der Waals surface area (Å²) in [5, 5.41) is 0. The normalized spacial score (nSPS) is 9.64. The fraction of sp³-hybridized carbons (Fsp3) is 0.125. The minimum Gasteiger partial charge on any atom is -0.206 e. The van der Waals surface area contributed by atoms with Crippen LogP contribution in [0.15, 0.2) is 24.3 Å². The highest BCUT2D eigenvalue weighted by atomic mass is 32.2. The molecule has 0 aromatic heterocycles. The molecule has 0 amide bonds. The molecular weight excluding hydrogens is 179 g/mol. The predicted molar refractivity (Wildman–Crippen MR) is 51.6 cm³/mol. The van der Waals surface area contributed by atoms with E-state index in [9.17, 15) is 4.39 Å². The second kappa shape index (κ2) is 3.83. The monoisotopic (exact) mass is 186 g/mol. The number of benzene rings is 1. The standard InChI is InChI=1S/C8H7FS2/c1-11-8(10)6-4-2-3-5-7(6)9/h2-5H,1H3. The summed E-state index contributed by atoms with van der Waals surface area (Å²) >= 11 is 6.32. The molecule has 0 aliphatic carbocycles. The van der Waals surface area contributed by atoms with Crippen molar-refractivity contribution in [3.63, 3.8) is 0 Å². The maximum absolute atomic E-state index is 12.9. The molecule has 1 aromatic rings. The van der Waals surface area contributed by atoms with Gasteiger partial charge in [0, 0.05) is 5.56 Å². The van der Waals surface area contributed by atoms with Gasteiger partial charge in [0.1, 0.15) is 5.82 Å². The molecule has 0 fully saturated rings. The van der Waals surface area contributed by atoms with E-state index in [4.69, 9.17) is 12.2 Å². The quantitative estimate of drug-likeness (QED) is 0.618. The largest absolute Gasteiger partial charge is 0.206 e. The average molecular weight is 186 g/mol. The Bertz CT molecular complexity index is 271. The third kappa shape index (κ3) is 2.01. The second-order valence-corrected chi connectivity index (χ2v) is 3.45. The third-order valence-corrected chi connectivity index (χ3v) is 2.59. The Kier molecular flexibility index (Phi) is 3.02. The molecule has 0 spiro atoms. The van der Waals surface area contributed by atoms with E-state index in [1.807, 2.05) is 6.26 Å². The van der Waals surface area contributed by atoms with Crippen LogP contribution in [-0.4, -0.2) is 10.5 Å². The first-order valence-electron chi connectivity index (χ1n) is 3.08. The Morgan fingerprint density at radius 1 is 1.45 bits per heavy atom. The molecule has 0 unspecified atom stereocenters. The van der Waals surface area contributed by atoms with Gasteiger partial charge in [-0.05, 0) is 12.3 Å². The first kappa shape index (κ1) is 8.68. The van der Waals surface area contributed by atoms with E-state index < -0.39 is 0 Å². The maximum atomic E-state index is 12.9. The number of thioether (sulfide) groups is 1. The zero-order chi connectivity index (χ0) is 8.27. The van der Waals surface area contributed by atoms with E-state index in [-0.39, 0.29) is 5.82 Å². The lowest BCUT2D eigenvalue weighted by Crippen LogP contribution is -1.93. The lowest BCUT2D eigenvalue weighted by atomic mass is 10.2. The van der Waals surface area contributed by atoms with Crippen molar-refractivity contribution in [2.75, 3.05) is 6.26 Å². The Morgan fingerprint density at radius 2 is 2.09 bits per heavy atom. The Morgan fingerprint density at radius 3 is 2.64 bits per heavy atom. The van der Waals surface area contributed by atoms with Gasteiger partial charge in [0.2, 0.25) is 0 Å². The van der Waals surface area contributed by atoms with E-state index in [1.54, 1.807) is 18.2 Å². The molecule has 0 nitrogen and oxygen atoms in total. The SMILES string of the molecule is CSC(=S)c1ccccc1F. The minimum atomic E-state index is -0.244. The van der Waals surface area contributed by atoms with Crippen LogP contribution in [0.2, 0.25) is 0 Å². The molecule has 0 heterocycles. The summed E-state index contributed by atoms with van der Waals surface area (Å²) in [7, 11) is 0. The van der Waals surface area contributed by atoms with Gasteiger partial charge in [-0.2, -0.15) is 0 Å². The first-order chi connectivity index (χ1) is 5.25. The summed E-state index contributed by atoms with van der Waals surface area (Å²) in [5.41, 5.74) is 0.523. The van der Waals surface area contributed by atoms with Gasteiger partial charge >= 0.3 is 0 Å². The number of hydrogen-bond donors (Lipinski definition) is 0. The number of thiocarbonyl (C=S) groups is 1. The summed E-state index contributed by atoms with van der Waals surface area (Å²) in [4.78, 5) is 0. The zero-order valence-electron chi connectivity index (χ0n) is 6.00. The molecule has 0 aliphatic heterocycles. The Labute approximate surface area is 74.8 Å². The molecule has 1 aromatic carbocycles. The van der Waals surface area contributed by atoms with Crippen molar-refractivity contribution in [3.8, 4) is 0 Å². The highest BCUT2D eigenvalue weighted by Crippen LogP contribution is 2.14. The van der Waals surface area contributed by atoms with Gasteiger partial charge < -0.3 is 0 Å². The molecular formula is C8H7FS2. The molecule has 58 valence electrons. The maximum Gasteiger partial charge on any atom is 0.132 e. The molecule has 0 saturated carbocycles. The third-order valence-electron chi connectivity index (χ3n) is 1.28. The van der Waals surface area contributed by atoms with Crippen LogP contribution in [0.1, 0.15) is 5.56 Å². The molecule has 0 saturated heterocycles. The van der Waals surface area contributed by atoms with Gasteiger partial charge in [-0.3, -0.25) is 0 Å². The fourth-order valence-corrected chi connectivity index (χ4v) is 1.29. The lowest BCUT2D eigenvalue weighted by Gasteiger charge is -1.99. The van der Waals surface area contributed by atoms with E-state index in [0.717, 1.165) is 0 Å². The Balaban J connectivity index is 3.03. The molecule has 11 heavy (non-hydrogen) atoms. The summed E-state index contributed by atoms with van der Waals surface area (Å²) in [6.45, 7) is 0. The van der Waals surface area contributed by atoms with E-state index in [2.05, 4.69) is 0 Å². The van der Waals surface area contributed by atoms with Gasteiger partial charge in [-0.25, -0.2) is 4.39 Å². The van der Waals surface area contributed by atoms with Crippen molar-refractivity contribution in [1.29, 1.82) is 0 Å². The van der Waals surface area contributed by atoms with Gasteiger partial charge in [-0.15, -0.1) is 11.8 Å². The van der Waals surface area contributed by atoms with Crippen LogP contribution in [0.5, 0.6) is 0 Å². The topological polar surface area (TPSA) is 0 Å². The fourth-order valence-electron chi connectivity index (χ4n) is 0.737. The van der Waals surface area contributed by atoms with Gasteiger partial charge in [0.15, 0.2) is 0 Å². The van der Waals surface area contributed by atoms with Crippen molar-refractivity contribution >= 4 is 28.2 Å². The lowest BCUT2D eigenvalue weighted by molar-refractivity contribution is 0.626. The van der Waals surface area contributed by atoms with Crippen molar-refractivity contribution in [2.45, 2.75) is 0 Å². The van der Waals surface area contributed by atoms with Crippen LogP contribution in [0, 0.1) is 5.82 Å². The minimum absolute atomic E-state index is 0.244. The van der Waals surface area contributed by atoms with Crippen LogP contribution < -0.4 is 0 Å². The highest BCUT2D eigenvalue weighted by molar-refractivity contribution is 8.23. The van der Waals surface area contributed by atoms with E-state index in [1.165, 1.54) is 17.8 Å². The van der Waals surface area contributed by atoms with Gasteiger partial charge in [-0.1, -0.05) is 30.4 Å². The van der Waals surface area contributed by atoms with Crippen molar-refractivity contribution < 1.29 is 4.39 Å². The molecule has 0 aliphatic rings. The highest BCUT2D eigenvalue weighted by Gasteiger charge is 2.03. The van der Waals surface area contributed by atoms with Crippen LogP contribution in [0.25, 0.3) is 0 Å². The first-order valence-corrected chi connectivity index (χ1v) is 4.72. The average Bonchev–Trinajstić information content (AvgIpc) is 2.04. The van der Waals surface area contributed by atoms with E-state index in [0.29, 0.717) is 9.76 Å². The van der Waals surface area contributed by atoms with Crippen molar-refractivity contribution in [2.24, 2.45) is 0 Å². The number of hydrogen-bond acceptors (Lipinski definition) is 2. The summed E-state index contributed by atoms with van der Waals surface area (Å²) in [6, 6.07) is 6.54. The molecule has 0 N–H and O–H groups in total. The van der Waals surface area contributed by atoms with Crippen LogP contribution in [0.3, 0.4) is 0 Å². The molecule has 0 bridgehead atoms. The second-order valence-electron chi connectivity index (χ2n) is 1.97. The van der Waals surface area contributed by atoms with Crippen LogP contribution in [-0.2, 0) is 0 Å². The molecule has 0 atom stereocenters. The number of rotatable bonds is 1. The van der Waals surface area contributed by atoms with Crippen molar-refractivity contribution in [3.05, 3.63) is 35.6 Å². The summed E-state index contributed by atoms with van der Waals surface area (Å²) in [6.07, 6.45) is 1.84. The van der Waals surface area contributed by atoms with Crippen molar-refractivity contribution in [1.82, 2.24) is 0 Å². The summed E-state index contributed by atoms with van der Waals surface area (Å²) < 4.78 is 13.5. The smallest absolute Gasteiger partial charge is 0.132 e. The molecule has 3 heteroatoms.